The second kappa shape index (κ2) is 4.45. The molecule has 0 aliphatic carbocycles. The van der Waals surface area contributed by atoms with Crippen molar-refractivity contribution in [2.45, 2.75) is 38.1 Å². The van der Waals surface area contributed by atoms with Gasteiger partial charge in [0.05, 0.1) is 0 Å². The van der Waals surface area contributed by atoms with E-state index in [1.165, 1.54) is 0 Å². The van der Waals surface area contributed by atoms with Gasteiger partial charge in [-0.25, -0.2) is 4.79 Å². The predicted octanol–water partition coefficient (Wildman–Crippen LogP) is 1.25. The molecular formula is C10H16F3NO3. The highest BCUT2D eigenvalue weighted by Crippen LogP contribution is 2.25. The lowest BCUT2D eigenvalue weighted by Gasteiger charge is -2.41. The molecule has 0 aromatic carbocycles. The molecule has 0 unspecified atom stereocenters. The number of hydrogen-bond donors (Lipinski definition) is 1. The molecule has 1 heterocycles. The Labute approximate surface area is 97.5 Å². The summed E-state index contributed by atoms with van der Waals surface area (Å²) >= 11 is 0. The van der Waals surface area contributed by atoms with Gasteiger partial charge in [-0.1, -0.05) is 0 Å². The molecule has 7 heteroatoms. The van der Waals surface area contributed by atoms with Gasteiger partial charge in [-0.15, -0.1) is 0 Å². The summed E-state index contributed by atoms with van der Waals surface area (Å²) in [5.74, 6) is -0.756. The minimum Gasteiger partial charge on any atom is -0.458 e. The molecule has 0 radical (unpaired) electrons. The van der Waals surface area contributed by atoms with Gasteiger partial charge in [0.15, 0.2) is 5.60 Å². The first-order chi connectivity index (χ1) is 7.54. The summed E-state index contributed by atoms with van der Waals surface area (Å²) in [4.78, 5) is 11.7. The lowest BCUT2D eigenvalue weighted by Crippen LogP contribution is -2.67. The second-order valence-corrected chi connectivity index (χ2v) is 5.00. The van der Waals surface area contributed by atoms with Gasteiger partial charge in [0.25, 0.3) is 0 Å². The van der Waals surface area contributed by atoms with Crippen LogP contribution in [0.3, 0.4) is 0 Å². The Balaban J connectivity index is 2.60. The van der Waals surface area contributed by atoms with Crippen LogP contribution in [0.15, 0.2) is 0 Å². The molecule has 4 nitrogen and oxygen atoms in total. The highest BCUT2D eigenvalue weighted by molar-refractivity contribution is 5.82. The SMILES string of the molecule is CC(C)(C)OC(=O)C1(OCC(F)(F)F)CNC1. The van der Waals surface area contributed by atoms with E-state index < -0.39 is 30.0 Å². The first kappa shape index (κ1) is 14.2. The Morgan fingerprint density at radius 2 is 1.82 bits per heavy atom. The Morgan fingerprint density at radius 3 is 2.12 bits per heavy atom. The average Bonchev–Trinajstić information content (AvgIpc) is 1.95. The number of ether oxygens (including phenoxy) is 2. The first-order valence-electron chi connectivity index (χ1n) is 5.19. The zero-order valence-corrected chi connectivity index (χ0v) is 9.98. The summed E-state index contributed by atoms with van der Waals surface area (Å²) in [6, 6.07) is 0. The third-order valence-corrected chi connectivity index (χ3v) is 2.10. The molecule has 0 amide bonds. The molecular weight excluding hydrogens is 239 g/mol. The third-order valence-electron chi connectivity index (χ3n) is 2.10. The summed E-state index contributed by atoms with van der Waals surface area (Å²) in [5.41, 5.74) is -2.25. The summed E-state index contributed by atoms with van der Waals surface area (Å²) in [5, 5.41) is 2.71. The molecule has 1 aliphatic rings. The molecule has 1 rings (SSSR count). The van der Waals surface area contributed by atoms with E-state index in [1.54, 1.807) is 20.8 Å². The van der Waals surface area contributed by atoms with Crippen molar-refractivity contribution in [2.24, 2.45) is 0 Å². The van der Waals surface area contributed by atoms with Crippen LogP contribution < -0.4 is 5.32 Å². The average molecular weight is 255 g/mol. The Morgan fingerprint density at radius 1 is 1.29 bits per heavy atom. The summed E-state index contributed by atoms with van der Waals surface area (Å²) in [7, 11) is 0. The molecule has 0 aromatic heterocycles. The fourth-order valence-corrected chi connectivity index (χ4v) is 1.25. The van der Waals surface area contributed by atoms with Crippen LogP contribution in [0.25, 0.3) is 0 Å². The van der Waals surface area contributed by atoms with Crippen molar-refractivity contribution < 1.29 is 27.4 Å². The zero-order valence-electron chi connectivity index (χ0n) is 9.98. The zero-order chi connectivity index (χ0) is 13.3. The maximum Gasteiger partial charge on any atom is 0.411 e. The van der Waals surface area contributed by atoms with Crippen LogP contribution in [0, 0.1) is 0 Å². The van der Waals surface area contributed by atoms with Crippen LogP contribution in [0.1, 0.15) is 20.8 Å². The molecule has 1 saturated heterocycles. The monoisotopic (exact) mass is 255 g/mol. The molecule has 0 bridgehead atoms. The third kappa shape index (κ3) is 4.16. The van der Waals surface area contributed by atoms with E-state index >= 15 is 0 Å². The summed E-state index contributed by atoms with van der Waals surface area (Å²) < 4.78 is 45.9. The van der Waals surface area contributed by atoms with Crippen LogP contribution in [-0.2, 0) is 14.3 Å². The number of carbonyl (C=O) groups is 1. The molecule has 1 aliphatic heterocycles. The highest BCUT2D eigenvalue weighted by Gasteiger charge is 2.50. The molecule has 0 saturated carbocycles. The number of esters is 1. The van der Waals surface area contributed by atoms with Crippen molar-refractivity contribution in [1.82, 2.24) is 5.32 Å². The number of halogens is 3. The predicted molar refractivity (Wildman–Crippen MR) is 53.5 cm³/mol. The van der Waals surface area contributed by atoms with E-state index in [0.29, 0.717) is 0 Å². The highest BCUT2D eigenvalue weighted by atomic mass is 19.4. The normalized spacial score (nSPS) is 19.6. The van der Waals surface area contributed by atoms with Gasteiger partial charge in [-0.3, -0.25) is 0 Å². The Kier molecular flexibility index (Phi) is 3.73. The standard InChI is InChI=1S/C10H16F3NO3/c1-8(2,3)17-7(15)9(4-14-5-9)16-6-10(11,12)13/h14H,4-6H2,1-3H3. The van der Waals surface area contributed by atoms with E-state index in [9.17, 15) is 18.0 Å². The molecule has 1 fully saturated rings. The van der Waals surface area contributed by atoms with Crippen LogP contribution in [-0.4, -0.2) is 43.0 Å². The van der Waals surface area contributed by atoms with E-state index in [4.69, 9.17) is 4.74 Å². The smallest absolute Gasteiger partial charge is 0.411 e. The van der Waals surface area contributed by atoms with Crippen molar-refractivity contribution in [3.05, 3.63) is 0 Å². The van der Waals surface area contributed by atoms with E-state index in [-0.39, 0.29) is 13.1 Å². The van der Waals surface area contributed by atoms with Gasteiger partial charge >= 0.3 is 12.1 Å². The lowest BCUT2D eigenvalue weighted by atomic mass is 9.96. The maximum atomic E-state index is 12.1. The van der Waals surface area contributed by atoms with Crippen molar-refractivity contribution in [3.63, 3.8) is 0 Å². The van der Waals surface area contributed by atoms with E-state index in [1.807, 2.05) is 0 Å². The number of nitrogens with one attached hydrogen (secondary N) is 1. The number of rotatable bonds is 3. The molecule has 100 valence electrons. The van der Waals surface area contributed by atoms with Gasteiger partial charge in [-0.2, -0.15) is 13.2 Å². The van der Waals surface area contributed by atoms with Gasteiger partial charge in [0.2, 0.25) is 0 Å². The van der Waals surface area contributed by atoms with E-state index in [2.05, 4.69) is 10.1 Å². The molecule has 1 N–H and O–H groups in total. The van der Waals surface area contributed by atoms with Crippen LogP contribution in [0.2, 0.25) is 0 Å². The van der Waals surface area contributed by atoms with Crippen LogP contribution in [0.4, 0.5) is 13.2 Å². The molecule has 0 atom stereocenters. The van der Waals surface area contributed by atoms with Crippen LogP contribution >= 0.6 is 0 Å². The Hall–Kier alpha value is -0.820. The Bertz CT molecular complexity index is 292. The van der Waals surface area contributed by atoms with Gasteiger partial charge in [0, 0.05) is 13.1 Å². The van der Waals surface area contributed by atoms with Gasteiger partial charge < -0.3 is 14.8 Å². The minimum atomic E-state index is -4.45. The van der Waals surface area contributed by atoms with Crippen LogP contribution in [0.5, 0.6) is 0 Å². The fraction of sp³-hybridized carbons (Fsp3) is 0.900. The quantitative estimate of drug-likeness (QED) is 0.771. The fourth-order valence-electron chi connectivity index (χ4n) is 1.25. The van der Waals surface area contributed by atoms with Crippen molar-refractivity contribution in [2.75, 3.05) is 19.7 Å². The summed E-state index contributed by atoms with van der Waals surface area (Å²) in [6.45, 7) is 3.57. The van der Waals surface area contributed by atoms with Gasteiger partial charge in [0.1, 0.15) is 12.2 Å². The minimum absolute atomic E-state index is 0.0397. The van der Waals surface area contributed by atoms with Crippen molar-refractivity contribution in [1.29, 1.82) is 0 Å². The number of hydrogen-bond acceptors (Lipinski definition) is 4. The topological polar surface area (TPSA) is 47.6 Å². The largest absolute Gasteiger partial charge is 0.458 e. The molecule has 0 spiro atoms. The molecule has 0 aromatic rings. The second-order valence-electron chi connectivity index (χ2n) is 5.00. The number of alkyl halides is 3. The van der Waals surface area contributed by atoms with E-state index in [0.717, 1.165) is 0 Å². The summed E-state index contributed by atoms with van der Waals surface area (Å²) in [6.07, 6.45) is -4.45. The molecule has 17 heavy (non-hydrogen) atoms. The lowest BCUT2D eigenvalue weighted by molar-refractivity contribution is -0.227. The maximum absolute atomic E-state index is 12.1. The van der Waals surface area contributed by atoms with Gasteiger partial charge in [-0.05, 0) is 20.8 Å². The first-order valence-corrected chi connectivity index (χ1v) is 5.19. The number of carbonyl (C=O) groups excluding carboxylic acids is 1. The van der Waals surface area contributed by atoms with Crippen molar-refractivity contribution >= 4 is 5.97 Å². The van der Waals surface area contributed by atoms with Crippen molar-refractivity contribution in [3.8, 4) is 0 Å².